The van der Waals surface area contributed by atoms with E-state index in [2.05, 4.69) is 25.6 Å². The molecule has 240 valence electrons. The number of ether oxygens (including phenoxy) is 2. The summed E-state index contributed by atoms with van der Waals surface area (Å²) in [7, 11) is 3.09. The van der Waals surface area contributed by atoms with Crippen LogP contribution >= 0.6 is 23.2 Å². The second-order valence-electron chi connectivity index (χ2n) is 10.8. The van der Waals surface area contributed by atoms with Crippen molar-refractivity contribution in [3.05, 3.63) is 70.2 Å². The molecule has 4 aromatic rings. The molecule has 1 fully saturated rings. The largest absolute Gasteiger partial charge is 0.480 e. The lowest BCUT2D eigenvalue weighted by molar-refractivity contribution is -0.119. The van der Waals surface area contributed by atoms with Gasteiger partial charge < -0.3 is 25.8 Å². The molecule has 2 amide bonds. The van der Waals surface area contributed by atoms with Crippen molar-refractivity contribution in [3.8, 4) is 45.4 Å². The van der Waals surface area contributed by atoms with E-state index >= 15 is 0 Å². The van der Waals surface area contributed by atoms with E-state index in [1.165, 1.54) is 7.11 Å². The fraction of sp³-hybridized carbons (Fsp3) is 0.333. The molecule has 13 heteroatoms. The molecule has 0 spiro atoms. The maximum absolute atomic E-state index is 11.5. The Morgan fingerprint density at radius 1 is 0.935 bits per heavy atom. The number of nitrogens with two attached hydrogens (primary N) is 1. The van der Waals surface area contributed by atoms with Crippen molar-refractivity contribution in [1.82, 2.24) is 30.6 Å². The van der Waals surface area contributed by atoms with Crippen molar-refractivity contribution >= 4 is 35.0 Å². The Morgan fingerprint density at radius 2 is 1.50 bits per heavy atom. The van der Waals surface area contributed by atoms with Crippen LogP contribution in [0.25, 0.3) is 33.6 Å². The summed E-state index contributed by atoms with van der Waals surface area (Å²) in [4.78, 5) is 41.1. The van der Waals surface area contributed by atoms with Gasteiger partial charge in [-0.25, -0.2) is 9.97 Å². The number of carbonyl (C=O) groups excluding carboxylic acids is 2. The number of nitrogens with one attached hydrogen (secondary N) is 2. The van der Waals surface area contributed by atoms with Crippen LogP contribution < -0.4 is 25.8 Å². The molecule has 0 bridgehead atoms. The topological polar surface area (TPSA) is 154 Å². The third-order valence-electron chi connectivity index (χ3n) is 7.74. The van der Waals surface area contributed by atoms with Gasteiger partial charge in [0.15, 0.2) is 0 Å². The van der Waals surface area contributed by atoms with E-state index < -0.39 is 0 Å². The second kappa shape index (κ2) is 15.3. The molecule has 2 aromatic carbocycles. The highest BCUT2D eigenvalue weighted by Crippen LogP contribution is 2.42. The molecular weight excluding hydrogens is 629 g/mol. The Bertz CT molecular complexity index is 1740. The lowest BCUT2D eigenvalue weighted by Gasteiger charge is -2.15. The fourth-order valence-electron chi connectivity index (χ4n) is 5.38. The number of methoxy groups -OCH3 is 2. The minimum absolute atomic E-state index is 0.116. The summed E-state index contributed by atoms with van der Waals surface area (Å²) in [6, 6.07) is 11.5. The number of benzene rings is 2. The summed E-state index contributed by atoms with van der Waals surface area (Å²) in [5, 5.41) is 7.02. The summed E-state index contributed by atoms with van der Waals surface area (Å²) in [5.41, 5.74) is 10.4. The van der Waals surface area contributed by atoms with Gasteiger partial charge in [0.05, 0.1) is 48.0 Å². The molecule has 5 rings (SSSR count). The smallest absolute Gasteiger partial charge is 0.237 e. The molecule has 46 heavy (non-hydrogen) atoms. The predicted molar refractivity (Wildman–Crippen MR) is 177 cm³/mol. The number of aromatic nitrogens is 4. The van der Waals surface area contributed by atoms with Gasteiger partial charge in [0, 0.05) is 54.2 Å². The van der Waals surface area contributed by atoms with Crippen LogP contribution in [-0.2, 0) is 22.6 Å². The first kappa shape index (κ1) is 33.1. The van der Waals surface area contributed by atoms with Gasteiger partial charge in [-0.1, -0.05) is 59.6 Å². The third kappa shape index (κ3) is 7.72. The summed E-state index contributed by atoms with van der Waals surface area (Å²) < 4.78 is 11.1. The highest BCUT2D eigenvalue weighted by Gasteiger charge is 2.22. The van der Waals surface area contributed by atoms with E-state index in [0.717, 1.165) is 25.0 Å². The van der Waals surface area contributed by atoms with E-state index in [9.17, 15) is 9.59 Å². The van der Waals surface area contributed by atoms with Crippen LogP contribution in [0.15, 0.2) is 48.8 Å². The first-order valence-corrected chi connectivity index (χ1v) is 15.7. The van der Waals surface area contributed by atoms with Crippen LogP contribution in [0.4, 0.5) is 0 Å². The molecule has 4 N–H and O–H groups in total. The third-order valence-corrected chi connectivity index (χ3v) is 8.56. The highest BCUT2D eigenvalue weighted by molar-refractivity contribution is 6.39. The second-order valence-corrected chi connectivity index (χ2v) is 11.6. The number of carbonyl (C=O) groups is 2. The zero-order valence-electron chi connectivity index (χ0n) is 25.6. The summed E-state index contributed by atoms with van der Waals surface area (Å²) >= 11 is 14.0. The predicted octanol–water partition coefficient (Wildman–Crippen LogP) is 5.16. The summed E-state index contributed by atoms with van der Waals surface area (Å²) in [6.07, 6.45) is 7.42. The number of aryl methyl sites for hydroxylation is 1. The molecular formula is C33H35Cl2N7O4. The Morgan fingerprint density at radius 3 is 2.04 bits per heavy atom. The average Bonchev–Trinajstić information content (AvgIpc) is 3.48. The van der Waals surface area contributed by atoms with E-state index in [0.29, 0.717) is 87.1 Å². The number of hydrogen-bond acceptors (Lipinski definition) is 9. The Hall–Kier alpha value is -4.32. The van der Waals surface area contributed by atoms with Crippen LogP contribution in [0, 0.1) is 0 Å². The lowest BCUT2D eigenvalue weighted by atomic mass is 9.98. The van der Waals surface area contributed by atoms with Gasteiger partial charge in [-0.3, -0.25) is 19.6 Å². The SMILES string of the molecule is COc1nc(-c2cccc(-c3cccc(-c4cnc(CNCCC(N)=O)c(OC)n4)c3Cl)c2Cl)cnc1CCC[C@@H]1CCC(=O)N1. The first-order valence-electron chi connectivity index (χ1n) is 14.9. The number of rotatable bonds is 14. The molecule has 3 heterocycles. The van der Waals surface area contributed by atoms with E-state index in [-0.39, 0.29) is 24.3 Å². The zero-order chi connectivity index (χ0) is 32.6. The summed E-state index contributed by atoms with van der Waals surface area (Å²) in [5.74, 6) is 0.511. The molecule has 0 aliphatic carbocycles. The van der Waals surface area contributed by atoms with Crippen molar-refractivity contribution in [2.75, 3.05) is 20.8 Å². The van der Waals surface area contributed by atoms with Gasteiger partial charge in [0.2, 0.25) is 23.6 Å². The monoisotopic (exact) mass is 663 g/mol. The normalized spacial score (nSPS) is 14.3. The van der Waals surface area contributed by atoms with Crippen LogP contribution in [0.3, 0.4) is 0 Å². The van der Waals surface area contributed by atoms with E-state index in [4.69, 9.17) is 43.4 Å². The number of nitrogens with zero attached hydrogens (tertiary/aromatic N) is 4. The van der Waals surface area contributed by atoms with Crippen molar-refractivity contribution in [2.45, 2.75) is 51.1 Å². The molecule has 1 atom stereocenters. The number of halogens is 2. The molecule has 1 aliphatic rings. The maximum atomic E-state index is 11.5. The van der Waals surface area contributed by atoms with Gasteiger partial charge in [-0.2, -0.15) is 0 Å². The Kier molecular flexibility index (Phi) is 11.0. The molecule has 0 radical (unpaired) electrons. The quantitative estimate of drug-likeness (QED) is 0.155. The van der Waals surface area contributed by atoms with Gasteiger partial charge in [0.1, 0.15) is 11.4 Å². The molecule has 1 aliphatic heterocycles. The maximum Gasteiger partial charge on any atom is 0.237 e. The summed E-state index contributed by atoms with van der Waals surface area (Å²) in [6.45, 7) is 0.773. The number of hydrogen-bond donors (Lipinski definition) is 3. The highest BCUT2D eigenvalue weighted by atomic mass is 35.5. The van der Waals surface area contributed by atoms with Gasteiger partial charge >= 0.3 is 0 Å². The van der Waals surface area contributed by atoms with Crippen LogP contribution in [0.1, 0.15) is 43.5 Å². The molecule has 2 aromatic heterocycles. The van der Waals surface area contributed by atoms with Gasteiger partial charge in [-0.05, 0) is 25.7 Å². The fourth-order valence-corrected chi connectivity index (χ4v) is 6.03. The Balaban J connectivity index is 1.37. The number of primary amides is 1. The van der Waals surface area contributed by atoms with Crippen LogP contribution in [0.2, 0.25) is 10.0 Å². The van der Waals surface area contributed by atoms with Crippen molar-refractivity contribution in [1.29, 1.82) is 0 Å². The molecule has 11 nitrogen and oxygen atoms in total. The minimum atomic E-state index is -0.383. The van der Waals surface area contributed by atoms with Crippen molar-refractivity contribution in [3.63, 3.8) is 0 Å². The molecule has 0 saturated carbocycles. The van der Waals surface area contributed by atoms with Crippen LogP contribution in [0.5, 0.6) is 11.8 Å². The first-order chi connectivity index (χ1) is 22.3. The number of amides is 2. The van der Waals surface area contributed by atoms with E-state index in [1.807, 2.05) is 36.4 Å². The van der Waals surface area contributed by atoms with Crippen LogP contribution in [-0.4, -0.2) is 58.6 Å². The van der Waals surface area contributed by atoms with Crippen molar-refractivity contribution in [2.24, 2.45) is 5.73 Å². The lowest BCUT2D eigenvalue weighted by Crippen LogP contribution is -2.25. The van der Waals surface area contributed by atoms with E-state index in [1.54, 1.807) is 19.5 Å². The minimum Gasteiger partial charge on any atom is -0.480 e. The molecule has 1 saturated heterocycles. The standard InChI is InChI=1S/C33H35Cl2N7O4/c1-45-32-24(11-3-6-19-12-13-29(44)40-19)38-17-25(41-32)22-9-4-7-20(30(22)34)21-8-5-10-23(31(21)35)26-18-39-27(33(42-26)46-2)16-37-15-14-28(36)43/h4-5,7-10,17-19,37H,3,6,11-16H2,1-2H3,(H2,36,43)(H,40,44)/t19-/m1/s1. The average molecular weight is 665 g/mol. The van der Waals surface area contributed by atoms with Gasteiger partial charge in [-0.15, -0.1) is 0 Å². The van der Waals surface area contributed by atoms with Crippen molar-refractivity contribution < 1.29 is 19.1 Å². The zero-order valence-corrected chi connectivity index (χ0v) is 27.1. The molecule has 0 unspecified atom stereocenters. The Labute approximate surface area is 277 Å². The van der Waals surface area contributed by atoms with Gasteiger partial charge in [0.25, 0.3) is 0 Å².